The van der Waals surface area contributed by atoms with Gasteiger partial charge >= 0.3 is 0 Å². The van der Waals surface area contributed by atoms with Crippen molar-refractivity contribution < 1.29 is 4.79 Å². The summed E-state index contributed by atoms with van der Waals surface area (Å²) >= 11 is 3.79. The van der Waals surface area contributed by atoms with Crippen LogP contribution in [0.1, 0.15) is 27.7 Å². The Balaban J connectivity index is 4.14. The average Bonchev–Trinajstić information content (AvgIpc) is 1.88. The van der Waals surface area contributed by atoms with Gasteiger partial charge in [0.15, 0.2) is 0 Å². The highest BCUT2D eigenvalue weighted by Crippen LogP contribution is 2.11. The molecule has 0 aliphatic carbocycles. The smallest absolute Gasteiger partial charge is 0.278 e. The number of thiol groups is 1. The van der Waals surface area contributed by atoms with Crippen molar-refractivity contribution in [2.24, 2.45) is 5.92 Å². The molecule has 0 bridgehead atoms. The molecule has 0 aromatic carbocycles. The Kier molecular flexibility index (Phi) is 4.57. The van der Waals surface area contributed by atoms with Gasteiger partial charge in [-0.15, -0.1) is 0 Å². The lowest BCUT2D eigenvalue weighted by Crippen LogP contribution is -2.38. The van der Waals surface area contributed by atoms with Gasteiger partial charge in [-0.2, -0.15) is 0 Å². The zero-order valence-electron chi connectivity index (χ0n) is 7.66. The minimum Gasteiger partial charge on any atom is -0.331 e. The summed E-state index contributed by atoms with van der Waals surface area (Å²) in [6.45, 7) is 8.95. The Morgan fingerprint density at radius 1 is 1.45 bits per heavy atom. The highest BCUT2D eigenvalue weighted by atomic mass is 32.1. The van der Waals surface area contributed by atoms with Crippen LogP contribution in [0.4, 0.5) is 4.79 Å². The fourth-order valence-electron chi connectivity index (χ4n) is 0.957. The van der Waals surface area contributed by atoms with E-state index >= 15 is 0 Å². The first kappa shape index (κ1) is 10.8. The molecular formula is C8H17NOS. The van der Waals surface area contributed by atoms with Gasteiger partial charge < -0.3 is 4.90 Å². The van der Waals surface area contributed by atoms with Crippen molar-refractivity contribution in [1.82, 2.24) is 4.90 Å². The number of rotatable bonds is 3. The number of nitrogens with zero attached hydrogens (tertiary/aromatic N) is 1. The van der Waals surface area contributed by atoms with Crippen LogP contribution < -0.4 is 0 Å². The van der Waals surface area contributed by atoms with Gasteiger partial charge in [0.2, 0.25) is 0 Å². The van der Waals surface area contributed by atoms with Crippen molar-refractivity contribution in [1.29, 1.82) is 0 Å². The molecule has 0 saturated heterocycles. The van der Waals surface area contributed by atoms with Crippen molar-refractivity contribution in [2.75, 3.05) is 6.54 Å². The van der Waals surface area contributed by atoms with Crippen LogP contribution in [-0.2, 0) is 0 Å². The van der Waals surface area contributed by atoms with E-state index in [1.54, 1.807) is 4.90 Å². The molecule has 0 radical (unpaired) electrons. The minimum atomic E-state index is -0.131. The van der Waals surface area contributed by atoms with Gasteiger partial charge in [-0.3, -0.25) is 4.79 Å². The van der Waals surface area contributed by atoms with E-state index in [0.29, 0.717) is 5.92 Å². The van der Waals surface area contributed by atoms with Gasteiger partial charge in [-0.05, 0) is 19.8 Å². The maximum Gasteiger partial charge on any atom is 0.278 e. The third-order valence-corrected chi connectivity index (χ3v) is 2.30. The van der Waals surface area contributed by atoms with Crippen LogP contribution in [0.15, 0.2) is 0 Å². The molecule has 0 aromatic rings. The number of hydrogen-bond donors (Lipinski definition) is 1. The highest BCUT2D eigenvalue weighted by Gasteiger charge is 2.17. The normalized spacial score (nSPS) is 13.3. The van der Waals surface area contributed by atoms with E-state index in [-0.39, 0.29) is 11.3 Å². The second kappa shape index (κ2) is 4.65. The van der Waals surface area contributed by atoms with Crippen LogP contribution in [0.25, 0.3) is 0 Å². The zero-order valence-corrected chi connectivity index (χ0v) is 8.56. The minimum absolute atomic E-state index is 0.131. The Bertz CT molecular complexity index is 136. The Labute approximate surface area is 74.4 Å². The van der Waals surface area contributed by atoms with Crippen molar-refractivity contribution in [3.8, 4) is 0 Å². The molecular weight excluding hydrogens is 158 g/mol. The topological polar surface area (TPSA) is 20.3 Å². The molecule has 0 aliphatic heterocycles. The number of carbonyl (C=O) groups excluding carboxylic acids is 1. The fourth-order valence-corrected chi connectivity index (χ4v) is 1.28. The van der Waals surface area contributed by atoms with E-state index in [1.807, 2.05) is 13.8 Å². The second-order valence-corrected chi connectivity index (χ2v) is 3.44. The Morgan fingerprint density at radius 3 is 2.00 bits per heavy atom. The summed E-state index contributed by atoms with van der Waals surface area (Å²) in [5.41, 5.74) is 0. The molecule has 0 N–H and O–H groups in total. The molecule has 0 rings (SSSR count). The molecule has 0 saturated carbocycles. The monoisotopic (exact) mass is 175 g/mol. The first-order valence-electron chi connectivity index (χ1n) is 4.00. The first-order valence-corrected chi connectivity index (χ1v) is 4.45. The van der Waals surface area contributed by atoms with Crippen molar-refractivity contribution >= 4 is 17.9 Å². The third kappa shape index (κ3) is 3.14. The molecule has 1 atom stereocenters. The van der Waals surface area contributed by atoms with Gasteiger partial charge in [0, 0.05) is 12.6 Å². The highest BCUT2D eigenvalue weighted by molar-refractivity contribution is 7.96. The van der Waals surface area contributed by atoms with E-state index < -0.39 is 0 Å². The largest absolute Gasteiger partial charge is 0.331 e. The van der Waals surface area contributed by atoms with Crippen LogP contribution in [-0.4, -0.2) is 22.7 Å². The molecule has 11 heavy (non-hydrogen) atoms. The van der Waals surface area contributed by atoms with E-state index in [1.165, 1.54) is 0 Å². The van der Waals surface area contributed by atoms with Crippen LogP contribution in [0, 0.1) is 5.92 Å². The van der Waals surface area contributed by atoms with Gasteiger partial charge in [-0.1, -0.05) is 26.5 Å². The van der Waals surface area contributed by atoms with E-state index in [4.69, 9.17) is 0 Å². The number of carbonyl (C=O) groups is 1. The molecule has 0 fully saturated rings. The van der Waals surface area contributed by atoms with E-state index in [9.17, 15) is 4.79 Å². The van der Waals surface area contributed by atoms with Gasteiger partial charge in [-0.25, -0.2) is 0 Å². The van der Waals surface area contributed by atoms with E-state index in [0.717, 1.165) is 6.54 Å². The molecule has 66 valence electrons. The SMILES string of the molecule is CCN(C(=O)S)C(C)C(C)C. The second-order valence-electron chi connectivity index (χ2n) is 3.05. The summed E-state index contributed by atoms with van der Waals surface area (Å²) in [5.74, 6) is 0.492. The van der Waals surface area contributed by atoms with Gasteiger partial charge in [0.1, 0.15) is 0 Å². The lowest BCUT2D eigenvalue weighted by atomic mass is 10.1. The summed E-state index contributed by atoms with van der Waals surface area (Å²) in [5, 5.41) is -0.131. The summed E-state index contributed by atoms with van der Waals surface area (Å²) in [6, 6.07) is 0.282. The number of amides is 1. The predicted octanol–water partition coefficient (Wildman–Crippen LogP) is 2.40. The standard InChI is InChI=1S/C8H17NOS/c1-5-9(8(10)11)7(4)6(2)3/h6-7H,5H2,1-4H3,(H,10,11). The van der Waals surface area contributed by atoms with Crippen LogP contribution in [0.2, 0.25) is 0 Å². The molecule has 1 amide bonds. The van der Waals surface area contributed by atoms with Gasteiger partial charge in [0.25, 0.3) is 5.24 Å². The number of hydrogen-bond acceptors (Lipinski definition) is 1. The summed E-state index contributed by atoms with van der Waals surface area (Å²) in [6.07, 6.45) is 0. The quantitative estimate of drug-likeness (QED) is 0.653. The summed E-state index contributed by atoms with van der Waals surface area (Å²) < 4.78 is 0. The lowest BCUT2D eigenvalue weighted by Gasteiger charge is -2.28. The zero-order chi connectivity index (χ0) is 9.02. The molecule has 0 spiro atoms. The van der Waals surface area contributed by atoms with E-state index in [2.05, 4.69) is 26.5 Å². The summed E-state index contributed by atoms with van der Waals surface area (Å²) in [4.78, 5) is 12.7. The molecule has 0 aromatic heterocycles. The molecule has 2 nitrogen and oxygen atoms in total. The van der Waals surface area contributed by atoms with Crippen molar-refractivity contribution in [3.05, 3.63) is 0 Å². The molecule has 1 unspecified atom stereocenters. The van der Waals surface area contributed by atoms with Gasteiger partial charge in [0.05, 0.1) is 0 Å². The maximum atomic E-state index is 10.9. The van der Waals surface area contributed by atoms with Crippen molar-refractivity contribution in [2.45, 2.75) is 33.7 Å². The summed E-state index contributed by atoms with van der Waals surface area (Å²) in [7, 11) is 0. The van der Waals surface area contributed by atoms with Crippen molar-refractivity contribution in [3.63, 3.8) is 0 Å². The maximum absolute atomic E-state index is 10.9. The Hall–Kier alpha value is -0.180. The Morgan fingerprint density at radius 2 is 1.91 bits per heavy atom. The first-order chi connectivity index (χ1) is 5.00. The van der Waals surface area contributed by atoms with Crippen LogP contribution >= 0.6 is 12.6 Å². The molecule has 0 heterocycles. The third-order valence-electron chi connectivity index (χ3n) is 2.04. The fraction of sp³-hybridized carbons (Fsp3) is 0.875. The van der Waals surface area contributed by atoms with Crippen LogP contribution in [0.5, 0.6) is 0 Å². The average molecular weight is 175 g/mol. The predicted molar refractivity (Wildman–Crippen MR) is 51.1 cm³/mol. The lowest BCUT2D eigenvalue weighted by molar-refractivity contribution is 0.190. The molecule has 3 heteroatoms. The van der Waals surface area contributed by atoms with Crippen LogP contribution in [0.3, 0.4) is 0 Å². The molecule has 0 aliphatic rings.